The minimum absolute atomic E-state index is 0.0207. The molecule has 0 atom stereocenters. The van der Waals surface area contributed by atoms with Crippen LogP contribution in [0.15, 0.2) is 23.1 Å². The van der Waals surface area contributed by atoms with Crippen molar-refractivity contribution in [2.24, 2.45) is 0 Å². The first-order valence-corrected chi connectivity index (χ1v) is 8.29. The molecule has 2 rings (SSSR count). The Labute approximate surface area is 151 Å². The molecule has 1 N–H and O–H groups in total. The number of aromatic nitrogens is 3. The van der Waals surface area contributed by atoms with Gasteiger partial charge in [-0.05, 0) is 42.5 Å². The molecule has 0 aliphatic carbocycles. The summed E-state index contributed by atoms with van der Waals surface area (Å²) in [5.41, 5.74) is 1.27. The molecule has 0 saturated heterocycles. The van der Waals surface area contributed by atoms with Crippen molar-refractivity contribution in [1.29, 1.82) is 0 Å². The monoisotopic (exact) mass is 453 g/mol. The van der Waals surface area contributed by atoms with Gasteiger partial charge in [0.15, 0.2) is 10.8 Å². The summed E-state index contributed by atoms with van der Waals surface area (Å²) in [7, 11) is 0. The summed E-state index contributed by atoms with van der Waals surface area (Å²) in [4.78, 5) is 15.5. The van der Waals surface area contributed by atoms with Crippen LogP contribution in [0.4, 0.5) is 0 Å². The number of hydrogen-bond donors (Lipinski definition) is 1. The molecule has 118 valence electrons. The predicted octanol–water partition coefficient (Wildman–Crippen LogP) is 3.56. The van der Waals surface area contributed by atoms with Gasteiger partial charge in [-0.25, -0.2) is 10.1 Å². The van der Waals surface area contributed by atoms with Crippen LogP contribution in [0.25, 0.3) is 0 Å². The standard InChI is InChI=1S/C14H14Cl2IN3O2/c1-14(2,16)5-9-8(3-4-11(17)19-9)7-22-10-6-18-20-13(21)12(10)15/h3-4,6H,5,7H2,1-2H3,(H,20,21). The molecular formula is C14H14Cl2IN3O2. The van der Waals surface area contributed by atoms with Crippen LogP contribution in [0, 0.1) is 3.70 Å². The highest BCUT2D eigenvalue weighted by Gasteiger charge is 2.18. The third-order valence-electron chi connectivity index (χ3n) is 2.77. The van der Waals surface area contributed by atoms with Crippen LogP contribution in [0.3, 0.4) is 0 Å². The maximum atomic E-state index is 11.4. The summed E-state index contributed by atoms with van der Waals surface area (Å²) in [5.74, 6) is 0.236. The first-order valence-electron chi connectivity index (χ1n) is 6.45. The summed E-state index contributed by atoms with van der Waals surface area (Å²) in [6.45, 7) is 4.09. The Hall–Kier alpha value is -0.860. The fourth-order valence-corrected chi connectivity index (χ4v) is 2.55. The van der Waals surface area contributed by atoms with Gasteiger partial charge in [0.25, 0.3) is 5.56 Å². The maximum Gasteiger partial charge on any atom is 0.286 e. The van der Waals surface area contributed by atoms with E-state index in [1.165, 1.54) is 6.20 Å². The average molecular weight is 454 g/mol. The molecule has 5 nitrogen and oxygen atoms in total. The molecule has 8 heteroatoms. The maximum absolute atomic E-state index is 11.4. The Morgan fingerprint density at radius 2 is 2.14 bits per heavy atom. The number of hydrogen-bond acceptors (Lipinski definition) is 4. The van der Waals surface area contributed by atoms with E-state index in [4.69, 9.17) is 27.9 Å². The molecule has 0 fully saturated rings. The van der Waals surface area contributed by atoms with Gasteiger partial charge >= 0.3 is 0 Å². The van der Waals surface area contributed by atoms with E-state index in [1.807, 2.05) is 26.0 Å². The second-order valence-corrected chi connectivity index (χ2v) is 7.81. The third-order valence-corrected chi connectivity index (χ3v) is 3.86. The smallest absolute Gasteiger partial charge is 0.286 e. The van der Waals surface area contributed by atoms with E-state index >= 15 is 0 Å². The number of ether oxygens (including phenoxy) is 1. The molecule has 0 radical (unpaired) electrons. The lowest BCUT2D eigenvalue weighted by Gasteiger charge is -2.18. The number of H-pyrrole nitrogens is 1. The molecule has 2 aromatic heterocycles. The second kappa shape index (κ2) is 7.14. The third kappa shape index (κ3) is 4.82. The van der Waals surface area contributed by atoms with Crippen LogP contribution in [0.2, 0.25) is 5.02 Å². The van der Waals surface area contributed by atoms with Crippen molar-refractivity contribution in [2.75, 3.05) is 0 Å². The average Bonchev–Trinajstić information content (AvgIpc) is 2.40. The fraction of sp³-hybridized carbons (Fsp3) is 0.357. The molecule has 0 unspecified atom stereocenters. The van der Waals surface area contributed by atoms with Crippen molar-refractivity contribution >= 4 is 45.8 Å². The Morgan fingerprint density at radius 1 is 1.41 bits per heavy atom. The molecule has 0 saturated carbocycles. The lowest BCUT2D eigenvalue weighted by atomic mass is 10.0. The summed E-state index contributed by atoms with van der Waals surface area (Å²) in [5, 5.41) is 5.89. The number of nitrogens with zero attached hydrogens (tertiary/aromatic N) is 2. The van der Waals surface area contributed by atoms with E-state index in [-0.39, 0.29) is 17.4 Å². The van der Waals surface area contributed by atoms with Crippen molar-refractivity contribution in [3.63, 3.8) is 0 Å². The Kier molecular flexibility index (Phi) is 5.68. The zero-order valence-corrected chi connectivity index (χ0v) is 15.7. The summed E-state index contributed by atoms with van der Waals surface area (Å²) < 4.78 is 6.48. The van der Waals surface area contributed by atoms with E-state index in [9.17, 15) is 4.79 Å². The SMILES string of the molecule is CC(C)(Cl)Cc1nc(I)ccc1COc1cn[nH]c(=O)c1Cl. The van der Waals surface area contributed by atoms with Crippen molar-refractivity contribution < 1.29 is 4.74 Å². The summed E-state index contributed by atoms with van der Waals surface area (Å²) in [6.07, 6.45) is 1.97. The molecule has 0 aromatic carbocycles. The quantitative estimate of drug-likeness (QED) is 0.427. The Balaban J connectivity index is 2.22. The van der Waals surface area contributed by atoms with Crippen LogP contribution < -0.4 is 10.3 Å². The van der Waals surface area contributed by atoms with Gasteiger partial charge in [-0.1, -0.05) is 17.7 Å². The molecule has 2 heterocycles. The topological polar surface area (TPSA) is 67.9 Å². The van der Waals surface area contributed by atoms with E-state index in [0.717, 1.165) is 15.0 Å². The molecule has 0 aliphatic rings. The molecule has 0 amide bonds. The molecule has 0 bridgehead atoms. The summed E-state index contributed by atoms with van der Waals surface area (Å²) >= 11 is 14.3. The Morgan fingerprint density at radius 3 is 2.82 bits per heavy atom. The zero-order chi connectivity index (χ0) is 16.3. The fourth-order valence-electron chi connectivity index (χ4n) is 1.81. The second-order valence-electron chi connectivity index (χ2n) is 5.30. The van der Waals surface area contributed by atoms with Crippen LogP contribution >= 0.6 is 45.8 Å². The number of alkyl halides is 1. The molecule has 2 aromatic rings. The van der Waals surface area contributed by atoms with Gasteiger partial charge in [-0.15, -0.1) is 11.6 Å². The van der Waals surface area contributed by atoms with Crippen molar-refractivity contribution in [3.05, 3.63) is 48.7 Å². The van der Waals surface area contributed by atoms with Crippen LogP contribution in [0.5, 0.6) is 5.75 Å². The van der Waals surface area contributed by atoms with Gasteiger partial charge in [0.1, 0.15) is 10.3 Å². The van der Waals surface area contributed by atoms with Gasteiger partial charge in [0.2, 0.25) is 0 Å². The van der Waals surface area contributed by atoms with Crippen molar-refractivity contribution in [2.45, 2.75) is 31.7 Å². The first-order chi connectivity index (χ1) is 10.3. The Bertz CT molecular complexity index is 729. The van der Waals surface area contributed by atoms with E-state index in [0.29, 0.717) is 6.42 Å². The van der Waals surface area contributed by atoms with E-state index < -0.39 is 10.4 Å². The summed E-state index contributed by atoms with van der Waals surface area (Å²) in [6, 6.07) is 3.82. The number of rotatable bonds is 5. The van der Waals surface area contributed by atoms with Crippen molar-refractivity contribution in [1.82, 2.24) is 15.2 Å². The largest absolute Gasteiger partial charge is 0.485 e. The lowest BCUT2D eigenvalue weighted by molar-refractivity contribution is 0.301. The number of nitrogens with one attached hydrogen (secondary N) is 1. The normalized spacial score (nSPS) is 11.5. The molecular weight excluding hydrogens is 440 g/mol. The van der Waals surface area contributed by atoms with E-state index in [2.05, 4.69) is 37.8 Å². The van der Waals surface area contributed by atoms with Crippen molar-refractivity contribution in [3.8, 4) is 5.75 Å². The number of aromatic amines is 1. The zero-order valence-electron chi connectivity index (χ0n) is 12.0. The molecule has 0 spiro atoms. The van der Waals surface area contributed by atoms with Crippen LogP contribution in [-0.2, 0) is 13.0 Å². The van der Waals surface area contributed by atoms with E-state index in [1.54, 1.807) is 0 Å². The minimum Gasteiger partial charge on any atom is -0.485 e. The highest BCUT2D eigenvalue weighted by atomic mass is 127. The van der Waals surface area contributed by atoms with Gasteiger partial charge < -0.3 is 4.74 Å². The number of pyridine rings is 1. The minimum atomic E-state index is -0.484. The van der Waals surface area contributed by atoms with Gasteiger partial charge in [0, 0.05) is 22.6 Å². The van der Waals surface area contributed by atoms with Gasteiger partial charge in [0.05, 0.1) is 6.20 Å². The van der Waals surface area contributed by atoms with Crippen LogP contribution in [0.1, 0.15) is 25.1 Å². The lowest BCUT2D eigenvalue weighted by Crippen LogP contribution is -2.18. The van der Waals surface area contributed by atoms with Crippen LogP contribution in [-0.4, -0.2) is 20.1 Å². The highest BCUT2D eigenvalue weighted by Crippen LogP contribution is 2.24. The van der Waals surface area contributed by atoms with Gasteiger partial charge in [-0.2, -0.15) is 5.10 Å². The first kappa shape index (κ1) is 17.5. The van der Waals surface area contributed by atoms with Gasteiger partial charge in [-0.3, -0.25) is 4.79 Å². The molecule has 22 heavy (non-hydrogen) atoms. The highest BCUT2D eigenvalue weighted by molar-refractivity contribution is 14.1. The predicted molar refractivity (Wildman–Crippen MR) is 94.8 cm³/mol. The molecule has 0 aliphatic heterocycles. The number of halogens is 3.